The van der Waals surface area contributed by atoms with Gasteiger partial charge in [0.25, 0.3) is 0 Å². The largest absolute Gasteiger partial charge is 0.458 e. The van der Waals surface area contributed by atoms with Crippen LogP contribution < -0.4 is 0 Å². The summed E-state index contributed by atoms with van der Waals surface area (Å²) >= 11 is 0. The van der Waals surface area contributed by atoms with E-state index in [-0.39, 0.29) is 11.6 Å². The summed E-state index contributed by atoms with van der Waals surface area (Å²) in [5, 5.41) is 0. The zero-order valence-corrected chi connectivity index (χ0v) is 12.4. The van der Waals surface area contributed by atoms with Crippen molar-refractivity contribution in [2.45, 2.75) is 33.3 Å². The van der Waals surface area contributed by atoms with Crippen molar-refractivity contribution < 1.29 is 19.1 Å². The van der Waals surface area contributed by atoms with Gasteiger partial charge in [0.2, 0.25) is 11.6 Å². The first kappa shape index (κ1) is 14.0. The molecule has 1 aromatic carbocycles. The van der Waals surface area contributed by atoms with Crippen molar-refractivity contribution in [1.82, 2.24) is 0 Å². The molecule has 4 nitrogen and oxygen atoms in total. The first-order valence-electron chi connectivity index (χ1n) is 7.14. The Morgan fingerprint density at radius 1 is 1.14 bits per heavy atom. The van der Waals surface area contributed by atoms with Crippen molar-refractivity contribution in [2.24, 2.45) is 16.7 Å². The Hall–Kier alpha value is -1.97. The molecule has 2 fully saturated rings. The number of ether oxygens (including phenoxy) is 1. The second-order valence-corrected chi connectivity index (χ2v) is 6.74. The van der Waals surface area contributed by atoms with Crippen LogP contribution in [0.25, 0.3) is 0 Å². The topological polar surface area (TPSA) is 60.4 Å². The molecule has 110 valence electrons. The molecule has 4 heteroatoms. The molecule has 3 atom stereocenters. The minimum atomic E-state index is -0.726. The second kappa shape index (κ2) is 4.26. The average Bonchev–Trinajstić information content (AvgIpc) is 2.71. The number of Topliss-reactive ketones (excluding diaryl/α,β-unsaturated/α-hetero) is 2. The Morgan fingerprint density at radius 3 is 2.29 bits per heavy atom. The SMILES string of the molecule is CC1(C)[C@@H]2C(=O)C(=O)[C@@]1(C)C[C@@H]2OC(=O)c1ccccc1. The number of esters is 1. The molecule has 2 bridgehead atoms. The number of carbonyl (C=O) groups is 3. The Labute approximate surface area is 123 Å². The second-order valence-electron chi connectivity index (χ2n) is 6.74. The molecule has 0 spiro atoms. The fraction of sp³-hybridized carbons (Fsp3) is 0.471. The van der Waals surface area contributed by atoms with Gasteiger partial charge >= 0.3 is 5.97 Å². The third-order valence-corrected chi connectivity index (χ3v) is 5.46. The van der Waals surface area contributed by atoms with E-state index in [0.717, 1.165) is 0 Å². The highest BCUT2D eigenvalue weighted by atomic mass is 16.5. The van der Waals surface area contributed by atoms with Gasteiger partial charge in [0.15, 0.2) is 0 Å². The van der Waals surface area contributed by atoms with E-state index < -0.39 is 28.8 Å². The summed E-state index contributed by atoms with van der Waals surface area (Å²) in [5.74, 6) is -1.67. The normalized spacial score (nSPS) is 33.3. The molecule has 0 amide bonds. The van der Waals surface area contributed by atoms with E-state index in [1.807, 2.05) is 26.8 Å². The maximum Gasteiger partial charge on any atom is 0.338 e. The minimum absolute atomic E-state index is 0.315. The van der Waals surface area contributed by atoms with Gasteiger partial charge in [0.1, 0.15) is 6.10 Å². The van der Waals surface area contributed by atoms with Crippen LogP contribution in [0.15, 0.2) is 30.3 Å². The maximum atomic E-state index is 12.2. The molecule has 0 N–H and O–H groups in total. The summed E-state index contributed by atoms with van der Waals surface area (Å²) in [6.45, 7) is 5.64. The van der Waals surface area contributed by atoms with Gasteiger partial charge in [-0.3, -0.25) is 9.59 Å². The summed E-state index contributed by atoms with van der Waals surface area (Å²) in [4.78, 5) is 36.5. The average molecular weight is 286 g/mol. The number of rotatable bonds is 2. The van der Waals surface area contributed by atoms with Crippen LogP contribution in [0, 0.1) is 16.7 Å². The molecule has 0 unspecified atom stereocenters. The fourth-order valence-corrected chi connectivity index (χ4v) is 3.78. The van der Waals surface area contributed by atoms with Crippen LogP contribution in [-0.4, -0.2) is 23.6 Å². The van der Waals surface area contributed by atoms with E-state index in [4.69, 9.17) is 4.74 Å². The van der Waals surface area contributed by atoms with Crippen molar-refractivity contribution in [3.8, 4) is 0 Å². The molecular formula is C17H18O4. The van der Waals surface area contributed by atoms with E-state index in [0.29, 0.717) is 12.0 Å². The van der Waals surface area contributed by atoms with Gasteiger partial charge in [0.05, 0.1) is 11.5 Å². The standard InChI is InChI=1S/C17H18O4/c1-16(2)12-11(9-17(16,3)14(19)13(12)18)21-15(20)10-7-5-4-6-8-10/h4-8,11-12H,9H2,1-3H3/t11-,12-,17+/m0/s1. The highest BCUT2D eigenvalue weighted by Crippen LogP contribution is 2.62. The lowest BCUT2D eigenvalue weighted by molar-refractivity contribution is -0.144. The van der Waals surface area contributed by atoms with Gasteiger partial charge in [-0.2, -0.15) is 0 Å². The first-order chi connectivity index (χ1) is 9.79. The molecule has 21 heavy (non-hydrogen) atoms. The van der Waals surface area contributed by atoms with Crippen LogP contribution in [0.4, 0.5) is 0 Å². The van der Waals surface area contributed by atoms with Gasteiger partial charge in [-0.25, -0.2) is 4.79 Å². The predicted octanol–water partition coefficient (Wildman–Crippen LogP) is 2.42. The zero-order chi connectivity index (χ0) is 15.4. The Bertz CT molecular complexity index is 631. The van der Waals surface area contributed by atoms with Gasteiger partial charge < -0.3 is 4.74 Å². The first-order valence-corrected chi connectivity index (χ1v) is 7.14. The van der Waals surface area contributed by atoms with Crippen LogP contribution >= 0.6 is 0 Å². The monoisotopic (exact) mass is 286 g/mol. The number of hydrogen-bond acceptors (Lipinski definition) is 4. The smallest absolute Gasteiger partial charge is 0.338 e. The highest BCUT2D eigenvalue weighted by Gasteiger charge is 2.71. The molecule has 2 aliphatic rings. The molecule has 1 aromatic rings. The third kappa shape index (κ3) is 1.71. The lowest BCUT2D eigenvalue weighted by atomic mass is 9.70. The Morgan fingerprint density at radius 2 is 1.76 bits per heavy atom. The number of benzene rings is 1. The summed E-state index contributed by atoms with van der Waals surface area (Å²) < 4.78 is 5.54. The summed E-state index contributed by atoms with van der Waals surface area (Å²) in [6, 6.07) is 8.69. The molecule has 2 aliphatic carbocycles. The molecule has 2 saturated carbocycles. The zero-order valence-electron chi connectivity index (χ0n) is 12.4. The van der Waals surface area contributed by atoms with E-state index in [1.165, 1.54) is 0 Å². The van der Waals surface area contributed by atoms with Crippen molar-refractivity contribution in [3.63, 3.8) is 0 Å². The van der Waals surface area contributed by atoms with Crippen molar-refractivity contribution in [2.75, 3.05) is 0 Å². The summed E-state index contributed by atoms with van der Waals surface area (Å²) in [5.41, 5.74) is -0.735. The lowest BCUT2D eigenvalue weighted by Gasteiger charge is -2.30. The molecule has 0 aromatic heterocycles. The molecule has 0 radical (unpaired) electrons. The van der Waals surface area contributed by atoms with Gasteiger partial charge in [0, 0.05) is 5.41 Å². The Balaban J connectivity index is 1.86. The van der Waals surface area contributed by atoms with E-state index >= 15 is 0 Å². The number of hydrogen-bond donors (Lipinski definition) is 0. The van der Waals surface area contributed by atoms with Crippen molar-refractivity contribution in [3.05, 3.63) is 35.9 Å². The Kier molecular flexibility index (Phi) is 2.84. The molecule has 0 heterocycles. The predicted molar refractivity (Wildman–Crippen MR) is 75.7 cm³/mol. The quantitative estimate of drug-likeness (QED) is 0.619. The molecule has 0 saturated heterocycles. The van der Waals surface area contributed by atoms with Crippen molar-refractivity contribution in [1.29, 1.82) is 0 Å². The lowest BCUT2D eigenvalue weighted by Crippen LogP contribution is -2.38. The van der Waals surface area contributed by atoms with Crippen LogP contribution in [-0.2, 0) is 14.3 Å². The molecular weight excluding hydrogens is 268 g/mol. The van der Waals surface area contributed by atoms with Gasteiger partial charge in [-0.05, 0) is 24.0 Å². The third-order valence-electron chi connectivity index (χ3n) is 5.46. The van der Waals surface area contributed by atoms with E-state index in [2.05, 4.69) is 0 Å². The maximum absolute atomic E-state index is 12.2. The van der Waals surface area contributed by atoms with Crippen LogP contribution in [0.3, 0.4) is 0 Å². The molecule has 3 rings (SSSR count). The highest BCUT2D eigenvalue weighted by molar-refractivity contribution is 6.43. The van der Waals surface area contributed by atoms with E-state index in [1.54, 1.807) is 24.3 Å². The summed E-state index contributed by atoms with van der Waals surface area (Å²) in [6.07, 6.45) is -0.0868. The van der Waals surface area contributed by atoms with Crippen LogP contribution in [0.1, 0.15) is 37.6 Å². The number of ketones is 2. The van der Waals surface area contributed by atoms with Crippen LogP contribution in [0.2, 0.25) is 0 Å². The van der Waals surface area contributed by atoms with Crippen molar-refractivity contribution >= 4 is 17.5 Å². The van der Waals surface area contributed by atoms with E-state index in [9.17, 15) is 14.4 Å². The van der Waals surface area contributed by atoms with Crippen LogP contribution in [0.5, 0.6) is 0 Å². The van der Waals surface area contributed by atoms with Gasteiger partial charge in [-0.15, -0.1) is 0 Å². The minimum Gasteiger partial charge on any atom is -0.458 e. The van der Waals surface area contributed by atoms with Gasteiger partial charge in [-0.1, -0.05) is 39.0 Å². The number of fused-ring (bicyclic) bond motifs is 2. The summed E-state index contributed by atoms with van der Waals surface area (Å²) in [7, 11) is 0. The fourth-order valence-electron chi connectivity index (χ4n) is 3.78. The molecule has 0 aliphatic heterocycles. The number of carbonyl (C=O) groups excluding carboxylic acids is 3.